The summed E-state index contributed by atoms with van der Waals surface area (Å²) in [6.07, 6.45) is 1.27. The Kier molecular flexibility index (Phi) is 4.13. The Labute approximate surface area is 176 Å². The second-order valence-corrected chi connectivity index (χ2v) is 10.4. The Balaban J connectivity index is 1.80. The Hall–Kier alpha value is -2.98. The summed E-state index contributed by atoms with van der Waals surface area (Å²) in [5, 5.41) is 3.78. The van der Waals surface area contributed by atoms with Gasteiger partial charge in [-0.2, -0.15) is 0 Å². The zero-order valence-corrected chi connectivity index (χ0v) is 17.8. The molecule has 0 bridgehead atoms. The number of fused-ring (bicyclic) bond motifs is 5. The Morgan fingerprint density at radius 2 is 1.37 bits per heavy atom. The van der Waals surface area contributed by atoms with Gasteiger partial charge in [-0.05, 0) is 65.8 Å². The van der Waals surface area contributed by atoms with E-state index >= 15 is 0 Å². The Bertz CT molecular complexity index is 1430. The first-order valence-corrected chi connectivity index (χ1v) is 11.6. The average Bonchev–Trinajstić information content (AvgIpc) is 2.76. The molecule has 0 atom stereocenters. The fourth-order valence-electron chi connectivity index (χ4n) is 4.72. The molecule has 1 aliphatic rings. The van der Waals surface area contributed by atoms with Gasteiger partial charge < -0.3 is 0 Å². The van der Waals surface area contributed by atoms with Gasteiger partial charge in [0, 0.05) is 17.2 Å². The van der Waals surface area contributed by atoms with Gasteiger partial charge in [0.2, 0.25) is 9.84 Å². The molecule has 3 nitrogen and oxygen atoms in total. The van der Waals surface area contributed by atoms with Gasteiger partial charge in [0.15, 0.2) is 0 Å². The van der Waals surface area contributed by atoms with Crippen LogP contribution in [0, 0.1) is 0 Å². The van der Waals surface area contributed by atoms with Gasteiger partial charge in [0.25, 0.3) is 0 Å². The normalized spacial score (nSPS) is 16.0. The van der Waals surface area contributed by atoms with E-state index in [1.54, 1.807) is 30.3 Å². The highest BCUT2D eigenvalue weighted by Gasteiger charge is 2.35. The van der Waals surface area contributed by atoms with Gasteiger partial charge in [-0.15, -0.1) is 0 Å². The van der Waals surface area contributed by atoms with Crippen molar-refractivity contribution < 1.29 is 13.2 Å². The number of carbonyl (C=O) groups is 1. The molecule has 0 amide bonds. The van der Waals surface area contributed by atoms with Crippen molar-refractivity contribution in [2.75, 3.05) is 0 Å². The van der Waals surface area contributed by atoms with Crippen molar-refractivity contribution in [2.24, 2.45) is 0 Å². The van der Waals surface area contributed by atoms with Crippen LogP contribution in [0.4, 0.5) is 0 Å². The summed E-state index contributed by atoms with van der Waals surface area (Å²) in [5.74, 6) is 0.270. The van der Waals surface area contributed by atoms with Crippen molar-refractivity contribution >= 4 is 37.2 Å². The topological polar surface area (TPSA) is 51.2 Å². The van der Waals surface area contributed by atoms with Crippen molar-refractivity contribution in [2.45, 2.75) is 41.9 Å². The van der Waals surface area contributed by atoms with E-state index in [0.29, 0.717) is 16.2 Å². The van der Waals surface area contributed by atoms with Crippen LogP contribution in [0.5, 0.6) is 0 Å². The molecule has 1 aliphatic carbocycles. The van der Waals surface area contributed by atoms with E-state index in [9.17, 15) is 13.2 Å². The van der Waals surface area contributed by atoms with Crippen LogP contribution in [0.25, 0.3) is 21.5 Å². The minimum absolute atomic E-state index is 0.270. The zero-order valence-electron chi connectivity index (χ0n) is 17.0. The number of aryl methyl sites for hydroxylation is 1. The first kappa shape index (κ1) is 19.0. The highest BCUT2D eigenvalue weighted by Crippen LogP contribution is 2.40. The van der Waals surface area contributed by atoms with E-state index in [1.807, 2.05) is 56.3 Å². The molecule has 5 rings (SSSR count). The highest BCUT2D eigenvalue weighted by molar-refractivity contribution is 7.91. The number of carbonyl (C=O) groups excluding carboxylic acids is 1. The Morgan fingerprint density at radius 1 is 0.700 bits per heavy atom. The number of hydrogen-bond donors (Lipinski definition) is 0. The highest BCUT2D eigenvalue weighted by atomic mass is 32.2. The molecule has 0 aromatic heterocycles. The number of benzene rings is 4. The maximum atomic E-state index is 13.3. The van der Waals surface area contributed by atoms with Crippen molar-refractivity contribution in [3.8, 4) is 0 Å². The molecule has 0 aliphatic heterocycles. The number of hydrogen-bond acceptors (Lipinski definition) is 3. The molecular formula is C26H22O3S. The van der Waals surface area contributed by atoms with Crippen molar-refractivity contribution in [3.63, 3.8) is 0 Å². The van der Waals surface area contributed by atoms with Crippen LogP contribution in [0.2, 0.25) is 0 Å². The standard InChI is InChI=1S/C26H22O3S/c1-26(2)23-15-13-19-18-9-6-10-24(30(28,29)17-7-4-3-5-8-17)22(18)12-11-20(19)21(23)14-16-25(26)27/h3-13,15H,14,16H2,1-2H3. The molecule has 0 spiro atoms. The van der Waals surface area contributed by atoms with Gasteiger partial charge in [0.1, 0.15) is 5.78 Å². The largest absolute Gasteiger partial charge is 0.299 e. The lowest BCUT2D eigenvalue weighted by Crippen LogP contribution is -2.34. The van der Waals surface area contributed by atoms with Crippen LogP contribution < -0.4 is 0 Å². The minimum Gasteiger partial charge on any atom is -0.299 e. The van der Waals surface area contributed by atoms with E-state index in [2.05, 4.69) is 0 Å². The van der Waals surface area contributed by atoms with Gasteiger partial charge in [-0.1, -0.05) is 54.6 Å². The van der Waals surface area contributed by atoms with E-state index < -0.39 is 15.3 Å². The maximum Gasteiger partial charge on any atom is 0.207 e. The lowest BCUT2D eigenvalue weighted by atomic mass is 9.70. The van der Waals surface area contributed by atoms with Crippen molar-refractivity contribution in [1.82, 2.24) is 0 Å². The Morgan fingerprint density at radius 3 is 2.13 bits per heavy atom. The van der Waals surface area contributed by atoms with Gasteiger partial charge >= 0.3 is 0 Å². The van der Waals surface area contributed by atoms with Crippen LogP contribution in [-0.2, 0) is 26.5 Å². The number of sulfone groups is 1. The predicted octanol–water partition coefficient (Wildman–Crippen LogP) is 5.62. The van der Waals surface area contributed by atoms with Gasteiger partial charge in [-0.3, -0.25) is 4.79 Å². The number of Topliss-reactive ketones (excluding diaryl/α,β-unsaturated/α-hetero) is 1. The third-order valence-corrected chi connectivity index (χ3v) is 8.27. The fraction of sp³-hybridized carbons (Fsp3) is 0.192. The quantitative estimate of drug-likeness (QED) is 0.400. The molecule has 0 saturated heterocycles. The zero-order chi connectivity index (χ0) is 21.1. The molecular weight excluding hydrogens is 392 g/mol. The third kappa shape index (κ3) is 2.63. The second kappa shape index (κ2) is 6.51. The molecule has 0 fully saturated rings. The summed E-state index contributed by atoms with van der Waals surface area (Å²) < 4.78 is 26.6. The van der Waals surface area contributed by atoms with Crippen LogP contribution >= 0.6 is 0 Å². The van der Waals surface area contributed by atoms with Crippen LogP contribution in [0.15, 0.2) is 82.6 Å². The summed E-state index contributed by atoms with van der Waals surface area (Å²) in [4.78, 5) is 13.1. The molecule has 0 unspecified atom stereocenters. The van der Waals surface area contributed by atoms with Crippen LogP contribution in [-0.4, -0.2) is 14.2 Å². The first-order chi connectivity index (χ1) is 14.3. The van der Waals surface area contributed by atoms with Crippen LogP contribution in [0.3, 0.4) is 0 Å². The summed E-state index contributed by atoms with van der Waals surface area (Å²) >= 11 is 0. The molecule has 30 heavy (non-hydrogen) atoms. The molecule has 0 N–H and O–H groups in total. The van der Waals surface area contributed by atoms with Crippen molar-refractivity contribution in [3.05, 3.63) is 83.9 Å². The second-order valence-electron chi connectivity index (χ2n) is 8.47. The molecule has 150 valence electrons. The smallest absolute Gasteiger partial charge is 0.207 e. The van der Waals surface area contributed by atoms with E-state index in [0.717, 1.165) is 33.5 Å². The predicted molar refractivity (Wildman–Crippen MR) is 120 cm³/mol. The van der Waals surface area contributed by atoms with E-state index in [1.165, 1.54) is 5.56 Å². The van der Waals surface area contributed by atoms with Crippen molar-refractivity contribution in [1.29, 1.82) is 0 Å². The number of ketones is 1. The molecule has 4 aromatic rings. The molecule has 4 aromatic carbocycles. The van der Waals surface area contributed by atoms with Gasteiger partial charge in [-0.25, -0.2) is 8.42 Å². The first-order valence-electron chi connectivity index (χ1n) is 10.1. The SMILES string of the molecule is CC1(C)C(=O)CCc2c1ccc1c2ccc2c(S(=O)(=O)c3ccccc3)cccc21. The lowest BCUT2D eigenvalue weighted by Gasteiger charge is -2.32. The lowest BCUT2D eigenvalue weighted by molar-refractivity contribution is -0.124. The molecule has 4 heteroatoms. The molecule has 0 saturated carbocycles. The van der Waals surface area contributed by atoms with Gasteiger partial charge in [0.05, 0.1) is 9.79 Å². The summed E-state index contributed by atoms with van der Waals surface area (Å²) in [6.45, 7) is 3.98. The van der Waals surface area contributed by atoms with E-state index in [-0.39, 0.29) is 5.78 Å². The van der Waals surface area contributed by atoms with Crippen LogP contribution in [0.1, 0.15) is 31.4 Å². The average molecular weight is 415 g/mol. The molecule has 0 radical (unpaired) electrons. The summed E-state index contributed by atoms with van der Waals surface area (Å²) in [6, 6.07) is 22.0. The molecule has 0 heterocycles. The van der Waals surface area contributed by atoms with E-state index in [4.69, 9.17) is 0 Å². The third-order valence-electron chi connectivity index (χ3n) is 6.45. The number of rotatable bonds is 2. The minimum atomic E-state index is -3.62. The summed E-state index contributed by atoms with van der Waals surface area (Å²) in [7, 11) is -3.62. The summed E-state index contributed by atoms with van der Waals surface area (Å²) in [5.41, 5.74) is 1.80. The maximum absolute atomic E-state index is 13.3. The fourth-order valence-corrected chi connectivity index (χ4v) is 6.22. The monoisotopic (exact) mass is 414 g/mol.